The Labute approximate surface area is 86.6 Å². The molecule has 2 unspecified atom stereocenters. The number of aromatic nitrogens is 2. The normalized spacial score (nSPS) is 14.3. The van der Waals surface area contributed by atoms with Crippen molar-refractivity contribution in [1.29, 1.82) is 0 Å². The van der Waals surface area contributed by atoms with Crippen LogP contribution in [0.25, 0.3) is 0 Å². The maximum atomic E-state index is 11.1. The van der Waals surface area contributed by atoms with E-state index >= 15 is 0 Å². The van der Waals surface area contributed by atoms with E-state index in [4.69, 9.17) is 0 Å². The van der Waals surface area contributed by atoms with Crippen molar-refractivity contribution >= 4 is 5.97 Å². The Balaban J connectivity index is 2.68. The topological polar surface area (TPSA) is 92.5 Å². The zero-order valence-corrected chi connectivity index (χ0v) is 8.20. The lowest BCUT2D eigenvalue weighted by Crippen LogP contribution is -2.30. The fourth-order valence-electron chi connectivity index (χ4n) is 0.982. The first-order valence-electron chi connectivity index (χ1n) is 4.45. The molecule has 0 fully saturated rings. The van der Waals surface area contributed by atoms with Gasteiger partial charge in [-0.1, -0.05) is 0 Å². The number of aliphatic hydroxyl groups is 2. The number of hydrogen-bond donors (Lipinski definition) is 2. The number of rotatable bonds is 4. The van der Waals surface area contributed by atoms with Gasteiger partial charge in [-0.2, -0.15) is 0 Å². The van der Waals surface area contributed by atoms with Crippen LogP contribution in [0.5, 0.6) is 0 Å². The molecule has 82 valence electrons. The van der Waals surface area contributed by atoms with E-state index < -0.39 is 18.2 Å². The summed E-state index contributed by atoms with van der Waals surface area (Å²) < 4.78 is 4.55. The van der Waals surface area contributed by atoms with Gasteiger partial charge in [0.15, 0.2) is 6.10 Å². The molecule has 0 amide bonds. The van der Waals surface area contributed by atoms with Gasteiger partial charge in [0.1, 0.15) is 6.10 Å². The maximum Gasteiger partial charge on any atom is 0.338 e. The lowest BCUT2D eigenvalue weighted by Gasteiger charge is -2.15. The van der Waals surface area contributed by atoms with Crippen molar-refractivity contribution in [1.82, 2.24) is 9.97 Å². The maximum absolute atomic E-state index is 11.1. The highest BCUT2D eigenvalue weighted by Crippen LogP contribution is 2.13. The molecule has 2 N–H and O–H groups in total. The summed E-state index contributed by atoms with van der Waals surface area (Å²) in [5.74, 6) is -0.879. The minimum atomic E-state index is -1.64. The Hall–Kier alpha value is -1.53. The van der Waals surface area contributed by atoms with Crippen molar-refractivity contribution < 1.29 is 19.7 Å². The molecule has 1 rings (SSSR count). The van der Waals surface area contributed by atoms with Gasteiger partial charge in [0.2, 0.25) is 0 Å². The summed E-state index contributed by atoms with van der Waals surface area (Å²) in [4.78, 5) is 18.5. The van der Waals surface area contributed by atoms with E-state index in [9.17, 15) is 15.0 Å². The number of hydrogen-bond acceptors (Lipinski definition) is 6. The lowest BCUT2D eigenvalue weighted by molar-refractivity contribution is -0.159. The van der Waals surface area contributed by atoms with Gasteiger partial charge in [0.25, 0.3) is 0 Å². The van der Waals surface area contributed by atoms with Crippen LogP contribution in [0.1, 0.15) is 18.7 Å². The molecule has 6 nitrogen and oxygen atoms in total. The summed E-state index contributed by atoms with van der Waals surface area (Å²) in [6.45, 7) is 1.75. The van der Waals surface area contributed by atoms with Crippen LogP contribution in [0.4, 0.5) is 0 Å². The summed E-state index contributed by atoms with van der Waals surface area (Å²) in [5, 5.41) is 18.9. The minimum absolute atomic E-state index is 0.123. The molecular weight excluding hydrogens is 200 g/mol. The van der Waals surface area contributed by atoms with Gasteiger partial charge in [-0.05, 0) is 6.92 Å². The number of esters is 1. The van der Waals surface area contributed by atoms with Gasteiger partial charge in [0, 0.05) is 12.4 Å². The molecule has 0 aliphatic carbocycles. The second kappa shape index (κ2) is 5.38. The van der Waals surface area contributed by atoms with E-state index in [1.165, 1.54) is 18.6 Å². The summed E-state index contributed by atoms with van der Waals surface area (Å²) >= 11 is 0. The average molecular weight is 212 g/mol. The largest absolute Gasteiger partial charge is 0.464 e. The molecule has 0 saturated carbocycles. The van der Waals surface area contributed by atoms with Crippen LogP contribution >= 0.6 is 0 Å². The van der Waals surface area contributed by atoms with E-state index in [1.54, 1.807) is 6.92 Å². The predicted molar refractivity (Wildman–Crippen MR) is 49.6 cm³/mol. The van der Waals surface area contributed by atoms with Gasteiger partial charge in [-0.15, -0.1) is 0 Å². The summed E-state index contributed by atoms with van der Waals surface area (Å²) in [5.41, 5.74) is 0.123. The van der Waals surface area contributed by atoms with E-state index in [1.807, 2.05) is 0 Å². The first-order valence-corrected chi connectivity index (χ1v) is 4.45. The van der Waals surface area contributed by atoms with E-state index in [-0.39, 0.29) is 12.3 Å². The monoisotopic (exact) mass is 212 g/mol. The SMILES string of the molecule is CCOC(=O)C(O)C(O)c1cnccn1. The number of carbonyl (C=O) groups excluding carboxylic acids is 1. The Morgan fingerprint density at radius 3 is 2.80 bits per heavy atom. The predicted octanol–water partition coefficient (Wildman–Crippen LogP) is -0.566. The van der Waals surface area contributed by atoms with Crippen molar-refractivity contribution in [3.05, 3.63) is 24.3 Å². The highest BCUT2D eigenvalue weighted by molar-refractivity contribution is 5.75. The Kier molecular flexibility index (Phi) is 4.14. The average Bonchev–Trinajstić information content (AvgIpc) is 2.28. The van der Waals surface area contributed by atoms with Gasteiger partial charge >= 0.3 is 5.97 Å². The van der Waals surface area contributed by atoms with E-state index in [2.05, 4.69) is 14.7 Å². The van der Waals surface area contributed by atoms with Crippen molar-refractivity contribution in [2.75, 3.05) is 6.61 Å². The van der Waals surface area contributed by atoms with Crippen LogP contribution in [0, 0.1) is 0 Å². The fourth-order valence-corrected chi connectivity index (χ4v) is 0.982. The van der Waals surface area contributed by atoms with Gasteiger partial charge in [0.05, 0.1) is 18.5 Å². The van der Waals surface area contributed by atoms with Gasteiger partial charge in [-0.3, -0.25) is 9.97 Å². The van der Waals surface area contributed by atoms with Crippen LogP contribution in [-0.4, -0.2) is 38.9 Å². The molecule has 0 aromatic carbocycles. The quantitative estimate of drug-likeness (QED) is 0.649. The number of aliphatic hydroxyl groups excluding tert-OH is 2. The smallest absolute Gasteiger partial charge is 0.338 e. The standard InChI is InChI=1S/C9H12N2O4/c1-2-15-9(14)8(13)7(12)6-5-10-3-4-11-6/h3-5,7-8,12-13H,2H2,1H3. The fraction of sp³-hybridized carbons (Fsp3) is 0.444. The molecule has 0 aliphatic rings. The lowest BCUT2D eigenvalue weighted by atomic mass is 10.1. The van der Waals surface area contributed by atoms with Crippen molar-refractivity contribution in [2.45, 2.75) is 19.1 Å². The molecule has 0 saturated heterocycles. The van der Waals surface area contributed by atoms with Crippen LogP contribution < -0.4 is 0 Å². The zero-order valence-electron chi connectivity index (χ0n) is 8.20. The van der Waals surface area contributed by atoms with Crippen LogP contribution in [0.2, 0.25) is 0 Å². The molecule has 15 heavy (non-hydrogen) atoms. The van der Waals surface area contributed by atoms with Crippen molar-refractivity contribution in [3.8, 4) is 0 Å². The molecule has 0 aliphatic heterocycles. The number of ether oxygens (including phenoxy) is 1. The van der Waals surface area contributed by atoms with Crippen molar-refractivity contribution in [2.24, 2.45) is 0 Å². The molecule has 1 heterocycles. The molecule has 0 radical (unpaired) electrons. The van der Waals surface area contributed by atoms with Crippen molar-refractivity contribution in [3.63, 3.8) is 0 Å². The second-order valence-electron chi connectivity index (χ2n) is 2.77. The van der Waals surface area contributed by atoms with Crippen LogP contribution in [0.15, 0.2) is 18.6 Å². The Morgan fingerprint density at radius 2 is 2.27 bits per heavy atom. The highest BCUT2D eigenvalue weighted by Gasteiger charge is 2.27. The minimum Gasteiger partial charge on any atom is -0.464 e. The third kappa shape index (κ3) is 2.97. The zero-order chi connectivity index (χ0) is 11.3. The first kappa shape index (κ1) is 11.5. The summed E-state index contributed by atoms with van der Waals surface area (Å²) in [6.07, 6.45) is 0.996. The Bertz CT molecular complexity index is 317. The molecule has 0 bridgehead atoms. The Morgan fingerprint density at radius 1 is 1.53 bits per heavy atom. The van der Waals surface area contributed by atoms with Gasteiger partial charge in [-0.25, -0.2) is 4.79 Å². The molecule has 1 aromatic heterocycles. The molecule has 6 heteroatoms. The molecule has 0 spiro atoms. The van der Waals surface area contributed by atoms with Crippen LogP contribution in [0.3, 0.4) is 0 Å². The second-order valence-corrected chi connectivity index (χ2v) is 2.77. The van der Waals surface area contributed by atoms with Gasteiger partial charge < -0.3 is 14.9 Å². The summed E-state index contributed by atoms with van der Waals surface area (Å²) in [6, 6.07) is 0. The molecule has 2 atom stereocenters. The number of carbonyl (C=O) groups is 1. The third-order valence-corrected chi connectivity index (χ3v) is 1.71. The molecule has 1 aromatic rings. The third-order valence-electron chi connectivity index (χ3n) is 1.71. The van der Waals surface area contributed by atoms with E-state index in [0.717, 1.165) is 0 Å². The highest BCUT2D eigenvalue weighted by atomic mass is 16.5. The number of nitrogens with zero attached hydrogens (tertiary/aromatic N) is 2. The summed E-state index contributed by atoms with van der Waals surface area (Å²) in [7, 11) is 0. The molecular formula is C9H12N2O4. The van der Waals surface area contributed by atoms with E-state index in [0.29, 0.717) is 0 Å². The first-order chi connectivity index (χ1) is 7.16. The van der Waals surface area contributed by atoms with Crippen LogP contribution in [-0.2, 0) is 9.53 Å².